The summed E-state index contributed by atoms with van der Waals surface area (Å²) in [6, 6.07) is 3.93. The third-order valence-corrected chi connectivity index (χ3v) is 2.75. The highest BCUT2D eigenvalue weighted by molar-refractivity contribution is 7.17. The first-order chi connectivity index (χ1) is 6.45. The summed E-state index contributed by atoms with van der Waals surface area (Å²) in [6.45, 7) is 0. The van der Waals surface area contributed by atoms with Crippen LogP contribution in [0.3, 0.4) is 0 Å². The van der Waals surface area contributed by atoms with Gasteiger partial charge in [-0.1, -0.05) is 0 Å². The predicted molar refractivity (Wildman–Crippen MR) is 50.5 cm³/mol. The van der Waals surface area contributed by atoms with Gasteiger partial charge >= 0.3 is 0 Å². The Morgan fingerprint density at radius 1 is 1.23 bits per heavy atom. The van der Waals surface area contributed by atoms with Crippen LogP contribution in [0.25, 0.3) is 21.1 Å². The number of nitrogens with zero attached hydrogens (tertiary/aromatic N) is 4. The molecule has 62 valence electrons. The van der Waals surface area contributed by atoms with Gasteiger partial charge in [0.1, 0.15) is 5.52 Å². The molecule has 0 saturated heterocycles. The van der Waals surface area contributed by atoms with E-state index in [0.717, 1.165) is 21.1 Å². The normalized spacial score (nSPS) is 11.1. The number of hydrogen-bond donors (Lipinski definition) is 0. The van der Waals surface area contributed by atoms with Crippen LogP contribution in [0.4, 0.5) is 0 Å². The lowest BCUT2D eigenvalue weighted by molar-refractivity contribution is 0.898. The molecule has 3 aromatic rings. The molecule has 0 spiro atoms. The van der Waals surface area contributed by atoms with Gasteiger partial charge in [0.05, 0.1) is 21.9 Å². The van der Waals surface area contributed by atoms with Gasteiger partial charge in [-0.25, -0.2) is 4.98 Å². The lowest BCUT2D eigenvalue weighted by atomic mass is 10.2. The van der Waals surface area contributed by atoms with Crippen LogP contribution in [-0.2, 0) is 0 Å². The monoisotopic (exact) mass is 188 g/mol. The van der Waals surface area contributed by atoms with E-state index >= 15 is 0 Å². The van der Waals surface area contributed by atoms with Crippen LogP contribution < -0.4 is 0 Å². The van der Waals surface area contributed by atoms with Crippen molar-refractivity contribution in [1.82, 2.24) is 20.4 Å². The van der Waals surface area contributed by atoms with Gasteiger partial charge in [-0.3, -0.25) is 0 Å². The highest BCUT2D eigenvalue weighted by atomic mass is 32.1. The van der Waals surface area contributed by atoms with Crippen LogP contribution in [0, 0.1) is 0 Å². The molecule has 2 aromatic heterocycles. The fourth-order valence-corrected chi connectivity index (χ4v) is 2.08. The standard InChI is InChI=1S/C8H4N4S/c1-2-6-8(13-4-9-6)7-5(1)3-10-12-11-7/h1-4H. The van der Waals surface area contributed by atoms with E-state index < -0.39 is 0 Å². The van der Waals surface area contributed by atoms with Crippen molar-refractivity contribution in [3.05, 3.63) is 23.8 Å². The Bertz CT molecular complexity index is 574. The van der Waals surface area contributed by atoms with Crippen molar-refractivity contribution in [3.63, 3.8) is 0 Å². The van der Waals surface area contributed by atoms with Crippen LogP contribution in [0.2, 0.25) is 0 Å². The van der Waals surface area contributed by atoms with Crippen molar-refractivity contribution in [2.75, 3.05) is 0 Å². The van der Waals surface area contributed by atoms with E-state index in [0.29, 0.717) is 0 Å². The smallest absolute Gasteiger partial charge is 0.116 e. The van der Waals surface area contributed by atoms with Crippen molar-refractivity contribution in [3.8, 4) is 0 Å². The Hall–Kier alpha value is -1.62. The average Bonchev–Trinajstić information content (AvgIpc) is 2.65. The largest absolute Gasteiger partial charge is 0.245 e. The first-order valence-electron chi connectivity index (χ1n) is 3.75. The van der Waals surface area contributed by atoms with Crippen molar-refractivity contribution in [2.45, 2.75) is 0 Å². The summed E-state index contributed by atoms with van der Waals surface area (Å²) in [4.78, 5) is 4.20. The maximum atomic E-state index is 4.20. The number of benzene rings is 1. The molecule has 1 aromatic carbocycles. The number of rotatable bonds is 0. The molecule has 0 fully saturated rings. The zero-order valence-corrected chi connectivity index (χ0v) is 7.32. The molecule has 2 heterocycles. The first-order valence-corrected chi connectivity index (χ1v) is 4.63. The Labute approximate surface area is 77.3 Å². The van der Waals surface area contributed by atoms with E-state index in [-0.39, 0.29) is 0 Å². The average molecular weight is 188 g/mol. The lowest BCUT2D eigenvalue weighted by Gasteiger charge is -1.93. The first kappa shape index (κ1) is 6.85. The topological polar surface area (TPSA) is 51.6 Å². The molecule has 4 nitrogen and oxygen atoms in total. The number of hydrogen-bond acceptors (Lipinski definition) is 5. The second-order valence-corrected chi connectivity index (χ2v) is 3.49. The van der Waals surface area contributed by atoms with Crippen LogP contribution in [-0.4, -0.2) is 20.4 Å². The fraction of sp³-hybridized carbons (Fsp3) is 0. The maximum absolute atomic E-state index is 4.20. The molecule has 0 bridgehead atoms. The fourth-order valence-electron chi connectivity index (χ4n) is 1.30. The van der Waals surface area contributed by atoms with Gasteiger partial charge in [0, 0.05) is 5.39 Å². The minimum absolute atomic E-state index is 0.884. The van der Waals surface area contributed by atoms with Crippen molar-refractivity contribution in [1.29, 1.82) is 0 Å². The van der Waals surface area contributed by atoms with E-state index in [9.17, 15) is 0 Å². The Morgan fingerprint density at radius 2 is 2.23 bits per heavy atom. The van der Waals surface area contributed by atoms with Crippen molar-refractivity contribution in [2.24, 2.45) is 0 Å². The van der Waals surface area contributed by atoms with E-state index in [4.69, 9.17) is 0 Å². The highest BCUT2D eigenvalue weighted by Gasteiger charge is 2.03. The van der Waals surface area contributed by atoms with E-state index in [1.54, 1.807) is 17.5 Å². The zero-order valence-electron chi connectivity index (χ0n) is 6.51. The summed E-state index contributed by atoms with van der Waals surface area (Å²) >= 11 is 1.58. The summed E-state index contributed by atoms with van der Waals surface area (Å²) < 4.78 is 1.08. The molecule has 0 aliphatic carbocycles. The summed E-state index contributed by atoms with van der Waals surface area (Å²) in [5.74, 6) is 0. The molecule has 0 aliphatic rings. The SMILES string of the molecule is c1nc2ccc3cnnnc3c2s1. The number of thiazole rings is 1. The van der Waals surface area contributed by atoms with Gasteiger partial charge in [0.25, 0.3) is 0 Å². The maximum Gasteiger partial charge on any atom is 0.116 e. The molecule has 13 heavy (non-hydrogen) atoms. The Kier molecular flexibility index (Phi) is 1.28. The predicted octanol–water partition coefficient (Wildman–Crippen LogP) is 1.63. The second-order valence-electron chi connectivity index (χ2n) is 2.64. The molecular weight excluding hydrogens is 184 g/mol. The molecule has 0 amide bonds. The third-order valence-electron chi connectivity index (χ3n) is 1.90. The van der Waals surface area contributed by atoms with Gasteiger partial charge < -0.3 is 0 Å². The molecule has 0 unspecified atom stereocenters. The molecule has 3 rings (SSSR count). The molecule has 0 radical (unpaired) electrons. The van der Waals surface area contributed by atoms with E-state index in [1.807, 2.05) is 17.6 Å². The minimum atomic E-state index is 0.884. The molecule has 0 aliphatic heterocycles. The second kappa shape index (κ2) is 2.43. The third kappa shape index (κ3) is 0.905. The van der Waals surface area contributed by atoms with Crippen molar-refractivity contribution >= 4 is 32.5 Å². The van der Waals surface area contributed by atoms with Crippen LogP contribution >= 0.6 is 11.3 Å². The van der Waals surface area contributed by atoms with Gasteiger partial charge in [0.2, 0.25) is 0 Å². The summed E-state index contributed by atoms with van der Waals surface area (Å²) in [7, 11) is 0. The van der Waals surface area contributed by atoms with Gasteiger partial charge in [-0.05, 0) is 17.3 Å². The zero-order chi connectivity index (χ0) is 8.67. The Morgan fingerprint density at radius 3 is 3.23 bits per heavy atom. The molecule has 0 saturated carbocycles. The van der Waals surface area contributed by atoms with Gasteiger partial charge in [0.15, 0.2) is 0 Å². The van der Waals surface area contributed by atoms with Gasteiger partial charge in [-0.15, -0.1) is 21.5 Å². The highest BCUT2D eigenvalue weighted by Crippen LogP contribution is 2.24. The van der Waals surface area contributed by atoms with Gasteiger partial charge in [-0.2, -0.15) is 0 Å². The van der Waals surface area contributed by atoms with Crippen LogP contribution in [0.15, 0.2) is 23.8 Å². The van der Waals surface area contributed by atoms with E-state index in [2.05, 4.69) is 20.4 Å². The number of fused-ring (bicyclic) bond motifs is 3. The van der Waals surface area contributed by atoms with Crippen LogP contribution in [0.1, 0.15) is 0 Å². The Balaban J connectivity index is 2.65. The quantitative estimate of drug-likeness (QED) is 0.538. The summed E-state index contributed by atoms with van der Waals surface area (Å²) in [5.41, 5.74) is 3.67. The summed E-state index contributed by atoms with van der Waals surface area (Å²) in [5, 5.41) is 12.3. The molecule has 0 N–H and O–H groups in total. The molecule has 5 heteroatoms. The van der Waals surface area contributed by atoms with Crippen molar-refractivity contribution < 1.29 is 0 Å². The minimum Gasteiger partial charge on any atom is -0.245 e. The molecule has 0 atom stereocenters. The number of aromatic nitrogens is 4. The molecular formula is C8H4N4S. The lowest BCUT2D eigenvalue weighted by Crippen LogP contribution is -1.86. The van der Waals surface area contributed by atoms with Crippen LogP contribution in [0.5, 0.6) is 0 Å². The summed E-state index contributed by atoms with van der Waals surface area (Å²) in [6.07, 6.45) is 1.71. The van der Waals surface area contributed by atoms with E-state index in [1.165, 1.54) is 0 Å².